The number of hydrogen-bond acceptors (Lipinski definition) is 4. The number of piperidine rings is 1. The van der Waals surface area contributed by atoms with Gasteiger partial charge in [-0.2, -0.15) is 0 Å². The molecule has 94 valence electrons. The molecule has 0 aliphatic carbocycles. The summed E-state index contributed by atoms with van der Waals surface area (Å²) in [5, 5.41) is 3.96. The Bertz CT molecular complexity index is 392. The Morgan fingerprint density at radius 1 is 1.53 bits per heavy atom. The first-order valence-corrected chi connectivity index (χ1v) is 6.77. The molecule has 0 amide bonds. The van der Waals surface area contributed by atoms with Gasteiger partial charge in [-0.3, -0.25) is 0 Å². The van der Waals surface area contributed by atoms with E-state index in [1.807, 2.05) is 6.92 Å². The number of guanidine groups is 1. The average Bonchev–Trinajstić information content (AvgIpc) is 2.73. The summed E-state index contributed by atoms with van der Waals surface area (Å²) >= 11 is 1.40. The molecule has 0 spiro atoms. The largest absolute Gasteiger partial charge is 0.370 e. The maximum atomic E-state index is 6.00. The standard InChI is InChI=1S/C11H19N5S/c1-8-3-5-16(6-4-8)11(12)13-7-10-9(2)14-15-17-10/h8H,3-7H2,1-2H3,(H2,12,13). The number of likely N-dealkylation sites (tertiary alicyclic amines) is 1. The second-order valence-electron chi connectivity index (χ2n) is 4.63. The van der Waals surface area contributed by atoms with Crippen molar-refractivity contribution in [3.8, 4) is 0 Å². The van der Waals surface area contributed by atoms with E-state index >= 15 is 0 Å². The van der Waals surface area contributed by atoms with Crippen molar-refractivity contribution in [2.24, 2.45) is 16.6 Å². The summed E-state index contributed by atoms with van der Waals surface area (Å²) in [5.41, 5.74) is 6.96. The molecular weight excluding hydrogens is 234 g/mol. The van der Waals surface area contributed by atoms with Crippen molar-refractivity contribution in [1.29, 1.82) is 0 Å². The Labute approximate surface area is 106 Å². The molecule has 2 N–H and O–H groups in total. The lowest BCUT2D eigenvalue weighted by Gasteiger charge is -2.30. The zero-order valence-corrected chi connectivity index (χ0v) is 11.2. The van der Waals surface area contributed by atoms with Crippen LogP contribution in [0.25, 0.3) is 0 Å². The lowest BCUT2D eigenvalue weighted by atomic mass is 10.00. The van der Waals surface area contributed by atoms with E-state index in [9.17, 15) is 0 Å². The molecule has 2 rings (SSSR count). The summed E-state index contributed by atoms with van der Waals surface area (Å²) in [4.78, 5) is 7.69. The van der Waals surface area contributed by atoms with Gasteiger partial charge in [-0.1, -0.05) is 11.4 Å². The van der Waals surface area contributed by atoms with Gasteiger partial charge in [-0.15, -0.1) is 5.10 Å². The molecule has 0 atom stereocenters. The van der Waals surface area contributed by atoms with Crippen molar-refractivity contribution in [1.82, 2.24) is 14.5 Å². The molecule has 1 aliphatic rings. The number of rotatable bonds is 2. The van der Waals surface area contributed by atoms with Gasteiger partial charge < -0.3 is 10.6 Å². The van der Waals surface area contributed by atoms with Crippen molar-refractivity contribution in [2.75, 3.05) is 13.1 Å². The van der Waals surface area contributed by atoms with E-state index in [2.05, 4.69) is 26.4 Å². The quantitative estimate of drug-likeness (QED) is 0.639. The van der Waals surface area contributed by atoms with Crippen LogP contribution in [0.15, 0.2) is 4.99 Å². The van der Waals surface area contributed by atoms with Gasteiger partial charge in [0.2, 0.25) is 0 Å². The van der Waals surface area contributed by atoms with Crippen LogP contribution >= 0.6 is 11.5 Å². The van der Waals surface area contributed by atoms with Crippen LogP contribution in [0.5, 0.6) is 0 Å². The molecule has 1 aromatic rings. The summed E-state index contributed by atoms with van der Waals surface area (Å²) in [5.74, 6) is 1.47. The van der Waals surface area contributed by atoms with E-state index in [4.69, 9.17) is 5.73 Å². The van der Waals surface area contributed by atoms with Crippen molar-refractivity contribution >= 4 is 17.5 Å². The topological polar surface area (TPSA) is 67.4 Å². The number of aliphatic imine (C=N–C) groups is 1. The fourth-order valence-electron chi connectivity index (χ4n) is 1.89. The van der Waals surface area contributed by atoms with Crippen molar-refractivity contribution in [3.63, 3.8) is 0 Å². The van der Waals surface area contributed by atoms with E-state index in [-0.39, 0.29) is 0 Å². The Balaban J connectivity index is 1.91. The Morgan fingerprint density at radius 2 is 2.24 bits per heavy atom. The first kappa shape index (κ1) is 12.3. The van der Waals surface area contributed by atoms with Crippen LogP contribution in [0.4, 0.5) is 0 Å². The molecule has 1 aliphatic heterocycles. The normalized spacial score (nSPS) is 18.7. The monoisotopic (exact) mass is 253 g/mol. The molecule has 1 saturated heterocycles. The Kier molecular flexibility index (Phi) is 3.93. The molecule has 6 heteroatoms. The maximum absolute atomic E-state index is 6.00. The molecule has 0 bridgehead atoms. The molecule has 0 aromatic carbocycles. The molecule has 0 unspecified atom stereocenters. The molecule has 0 radical (unpaired) electrons. The smallest absolute Gasteiger partial charge is 0.191 e. The number of nitrogens with zero attached hydrogens (tertiary/aromatic N) is 4. The predicted octanol–water partition coefficient (Wildman–Crippen LogP) is 1.39. The van der Waals surface area contributed by atoms with Gasteiger partial charge in [-0.25, -0.2) is 4.99 Å². The SMILES string of the molecule is Cc1nnsc1CN=C(N)N1CCC(C)CC1. The highest BCUT2D eigenvalue weighted by atomic mass is 32.1. The summed E-state index contributed by atoms with van der Waals surface area (Å²) in [6.45, 7) is 6.89. The van der Waals surface area contributed by atoms with Crippen molar-refractivity contribution < 1.29 is 0 Å². The Hall–Kier alpha value is -1.17. The van der Waals surface area contributed by atoms with Gasteiger partial charge in [0.1, 0.15) is 0 Å². The van der Waals surface area contributed by atoms with Crippen LogP contribution < -0.4 is 5.73 Å². The third kappa shape index (κ3) is 3.15. The maximum Gasteiger partial charge on any atom is 0.191 e. The minimum absolute atomic E-state index is 0.599. The molecule has 1 aromatic heterocycles. The summed E-state index contributed by atoms with van der Waals surface area (Å²) in [6.07, 6.45) is 2.41. The van der Waals surface area contributed by atoms with E-state index in [0.29, 0.717) is 12.5 Å². The highest BCUT2D eigenvalue weighted by Crippen LogP contribution is 2.16. The molecule has 17 heavy (non-hydrogen) atoms. The lowest BCUT2D eigenvalue weighted by Crippen LogP contribution is -2.42. The molecule has 2 heterocycles. The van der Waals surface area contributed by atoms with Gasteiger partial charge in [0, 0.05) is 13.1 Å². The summed E-state index contributed by atoms with van der Waals surface area (Å²) in [7, 11) is 0. The third-order valence-electron chi connectivity index (χ3n) is 3.24. The van der Waals surface area contributed by atoms with Crippen LogP contribution in [-0.4, -0.2) is 33.5 Å². The number of hydrogen-bond donors (Lipinski definition) is 1. The summed E-state index contributed by atoms with van der Waals surface area (Å²) < 4.78 is 3.89. The summed E-state index contributed by atoms with van der Waals surface area (Å²) in [6, 6.07) is 0. The lowest BCUT2D eigenvalue weighted by molar-refractivity contribution is 0.277. The van der Waals surface area contributed by atoms with E-state index in [1.165, 1.54) is 24.4 Å². The van der Waals surface area contributed by atoms with Crippen LogP contribution in [0.3, 0.4) is 0 Å². The molecular formula is C11H19N5S. The minimum Gasteiger partial charge on any atom is -0.370 e. The number of nitrogens with two attached hydrogens (primary N) is 1. The van der Waals surface area contributed by atoms with Crippen LogP contribution in [-0.2, 0) is 6.54 Å². The van der Waals surface area contributed by atoms with Crippen LogP contribution in [0.2, 0.25) is 0 Å². The zero-order valence-electron chi connectivity index (χ0n) is 10.4. The molecule has 0 saturated carbocycles. The first-order valence-electron chi connectivity index (χ1n) is 5.99. The second kappa shape index (κ2) is 5.44. The average molecular weight is 253 g/mol. The fraction of sp³-hybridized carbons (Fsp3) is 0.727. The first-order chi connectivity index (χ1) is 8.16. The number of aromatic nitrogens is 2. The van der Waals surface area contributed by atoms with Gasteiger partial charge in [0.25, 0.3) is 0 Å². The van der Waals surface area contributed by atoms with Gasteiger partial charge >= 0.3 is 0 Å². The van der Waals surface area contributed by atoms with Crippen LogP contribution in [0.1, 0.15) is 30.3 Å². The predicted molar refractivity (Wildman–Crippen MR) is 69.9 cm³/mol. The van der Waals surface area contributed by atoms with Crippen LogP contribution in [0, 0.1) is 12.8 Å². The van der Waals surface area contributed by atoms with Gasteiger partial charge in [0.05, 0.1) is 17.1 Å². The van der Waals surface area contributed by atoms with Crippen molar-refractivity contribution in [2.45, 2.75) is 33.2 Å². The highest BCUT2D eigenvalue weighted by molar-refractivity contribution is 7.05. The van der Waals surface area contributed by atoms with E-state index < -0.39 is 0 Å². The molecule has 5 nitrogen and oxygen atoms in total. The highest BCUT2D eigenvalue weighted by Gasteiger charge is 2.16. The van der Waals surface area contributed by atoms with E-state index in [1.54, 1.807) is 0 Å². The zero-order chi connectivity index (χ0) is 12.3. The minimum atomic E-state index is 0.599. The second-order valence-corrected chi connectivity index (χ2v) is 5.46. The van der Waals surface area contributed by atoms with E-state index in [0.717, 1.165) is 29.6 Å². The third-order valence-corrected chi connectivity index (χ3v) is 4.05. The Morgan fingerprint density at radius 3 is 2.82 bits per heavy atom. The molecule has 1 fully saturated rings. The number of aryl methyl sites for hydroxylation is 1. The van der Waals surface area contributed by atoms with Gasteiger partial charge in [0.15, 0.2) is 5.96 Å². The fourth-order valence-corrected chi connectivity index (χ4v) is 2.44. The van der Waals surface area contributed by atoms with Crippen molar-refractivity contribution in [3.05, 3.63) is 10.6 Å². The van der Waals surface area contributed by atoms with Gasteiger partial charge in [-0.05, 0) is 37.2 Å².